The van der Waals surface area contributed by atoms with Crippen molar-refractivity contribution in [1.29, 1.82) is 0 Å². The molecule has 0 saturated heterocycles. The van der Waals surface area contributed by atoms with Gasteiger partial charge in [0, 0.05) is 4.83 Å². The molecule has 0 amide bonds. The number of halogens is 6. The number of alkyl halides is 1. The van der Waals surface area contributed by atoms with Crippen LogP contribution < -0.4 is 4.74 Å². The Labute approximate surface area is 102 Å². The number of benzene rings is 1. The molecule has 2 rings (SSSR count). The highest BCUT2D eigenvalue weighted by atomic mass is 79.9. The van der Waals surface area contributed by atoms with Crippen LogP contribution in [0.5, 0.6) is 5.75 Å². The summed E-state index contributed by atoms with van der Waals surface area (Å²) < 4.78 is 69.4. The SMILES string of the molecule is Fc1c(F)c(F)c(OC2CC(Br)C2)c(F)c1F. The van der Waals surface area contributed by atoms with E-state index in [2.05, 4.69) is 15.9 Å². The van der Waals surface area contributed by atoms with E-state index < -0.39 is 40.9 Å². The second-order valence-electron chi connectivity index (χ2n) is 3.71. The largest absolute Gasteiger partial charge is 0.484 e. The second-order valence-corrected chi connectivity index (χ2v) is 5.00. The summed E-state index contributed by atoms with van der Waals surface area (Å²) in [6, 6.07) is 0. The van der Waals surface area contributed by atoms with E-state index in [0.717, 1.165) is 0 Å². The summed E-state index contributed by atoms with van der Waals surface area (Å²) >= 11 is 3.22. The Kier molecular flexibility index (Phi) is 3.29. The van der Waals surface area contributed by atoms with Crippen LogP contribution in [-0.4, -0.2) is 10.9 Å². The first-order chi connectivity index (χ1) is 7.91. The predicted molar refractivity (Wildman–Crippen MR) is 52.6 cm³/mol. The fourth-order valence-corrected chi connectivity index (χ4v) is 2.29. The molecule has 0 spiro atoms. The van der Waals surface area contributed by atoms with E-state index in [1.54, 1.807) is 0 Å². The molecule has 94 valence electrons. The lowest BCUT2D eigenvalue weighted by atomic mass is 9.96. The minimum atomic E-state index is -2.18. The van der Waals surface area contributed by atoms with Gasteiger partial charge in [-0.05, 0) is 12.8 Å². The molecule has 0 aliphatic heterocycles. The topological polar surface area (TPSA) is 9.23 Å². The van der Waals surface area contributed by atoms with E-state index in [1.165, 1.54) is 0 Å². The summed E-state index contributed by atoms with van der Waals surface area (Å²) in [7, 11) is 0. The minimum absolute atomic E-state index is 0.147. The molecule has 1 aromatic rings. The molecule has 0 bridgehead atoms. The highest BCUT2D eigenvalue weighted by molar-refractivity contribution is 9.09. The predicted octanol–water partition coefficient (Wildman–Crippen LogP) is 3.69. The number of hydrogen-bond donors (Lipinski definition) is 0. The fraction of sp³-hybridized carbons (Fsp3) is 0.400. The zero-order chi connectivity index (χ0) is 12.7. The molecule has 7 heteroatoms. The molecule has 0 heterocycles. The van der Waals surface area contributed by atoms with E-state index in [-0.39, 0.29) is 4.83 Å². The van der Waals surface area contributed by atoms with Crippen LogP contribution in [0.2, 0.25) is 0 Å². The summed E-state index contributed by atoms with van der Waals surface area (Å²) in [5.74, 6) is -11.2. The van der Waals surface area contributed by atoms with Crippen molar-refractivity contribution in [2.75, 3.05) is 0 Å². The summed E-state index contributed by atoms with van der Waals surface area (Å²) in [4.78, 5) is 0.147. The van der Waals surface area contributed by atoms with Crippen molar-refractivity contribution in [3.63, 3.8) is 0 Å². The molecule has 1 aromatic carbocycles. The third-order valence-corrected chi connectivity index (χ3v) is 3.24. The van der Waals surface area contributed by atoms with Crippen molar-refractivity contribution in [1.82, 2.24) is 0 Å². The van der Waals surface area contributed by atoms with Gasteiger partial charge in [0.2, 0.25) is 29.1 Å². The van der Waals surface area contributed by atoms with E-state index in [9.17, 15) is 22.0 Å². The van der Waals surface area contributed by atoms with Gasteiger partial charge in [-0.25, -0.2) is 13.2 Å². The average Bonchev–Trinajstić information content (AvgIpc) is 2.27. The van der Waals surface area contributed by atoms with Crippen LogP contribution >= 0.6 is 15.9 Å². The van der Waals surface area contributed by atoms with Crippen LogP contribution in [0, 0.1) is 29.1 Å². The van der Waals surface area contributed by atoms with E-state index in [1.807, 2.05) is 0 Å². The Balaban J connectivity index is 2.33. The number of rotatable bonds is 2. The van der Waals surface area contributed by atoms with E-state index in [0.29, 0.717) is 12.8 Å². The van der Waals surface area contributed by atoms with Gasteiger partial charge in [0.1, 0.15) is 6.10 Å². The van der Waals surface area contributed by atoms with Crippen LogP contribution in [0.4, 0.5) is 22.0 Å². The first-order valence-electron chi connectivity index (χ1n) is 4.74. The van der Waals surface area contributed by atoms with Gasteiger partial charge in [0.25, 0.3) is 0 Å². The lowest BCUT2D eigenvalue weighted by Gasteiger charge is -2.31. The lowest BCUT2D eigenvalue weighted by Crippen LogP contribution is -2.34. The quantitative estimate of drug-likeness (QED) is 0.350. The van der Waals surface area contributed by atoms with Gasteiger partial charge in [-0.1, -0.05) is 15.9 Å². The first-order valence-corrected chi connectivity index (χ1v) is 5.65. The van der Waals surface area contributed by atoms with Crippen LogP contribution in [0.1, 0.15) is 12.8 Å². The highest BCUT2D eigenvalue weighted by Gasteiger charge is 2.33. The first kappa shape index (κ1) is 12.6. The van der Waals surface area contributed by atoms with Gasteiger partial charge < -0.3 is 4.74 Å². The Hall–Kier alpha value is -0.850. The Bertz CT molecular complexity index is 429. The summed E-state index contributed by atoms with van der Waals surface area (Å²) in [5.41, 5.74) is 0. The van der Waals surface area contributed by atoms with Gasteiger partial charge in [-0.15, -0.1) is 0 Å². The van der Waals surface area contributed by atoms with Crippen molar-refractivity contribution in [3.05, 3.63) is 29.1 Å². The van der Waals surface area contributed by atoms with Crippen molar-refractivity contribution in [2.45, 2.75) is 23.8 Å². The van der Waals surface area contributed by atoms with E-state index in [4.69, 9.17) is 4.74 Å². The molecule has 0 N–H and O–H groups in total. The Morgan fingerprint density at radius 3 is 1.65 bits per heavy atom. The van der Waals surface area contributed by atoms with Crippen molar-refractivity contribution < 1.29 is 26.7 Å². The van der Waals surface area contributed by atoms with Crippen LogP contribution in [-0.2, 0) is 0 Å². The third-order valence-electron chi connectivity index (χ3n) is 2.49. The monoisotopic (exact) mass is 316 g/mol. The Morgan fingerprint density at radius 2 is 1.24 bits per heavy atom. The average molecular weight is 317 g/mol. The molecule has 0 atom stereocenters. The van der Waals surface area contributed by atoms with Gasteiger partial charge in [-0.3, -0.25) is 0 Å². The zero-order valence-electron chi connectivity index (χ0n) is 8.24. The van der Waals surface area contributed by atoms with Crippen molar-refractivity contribution in [2.24, 2.45) is 0 Å². The van der Waals surface area contributed by atoms with Gasteiger partial charge >= 0.3 is 0 Å². The molecule has 1 nitrogen and oxygen atoms in total. The maximum atomic E-state index is 13.2. The maximum Gasteiger partial charge on any atom is 0.207 e. The molecule has 1 saturated carbocycles. The Morgan fingerprint density at radius 1 is 0.824 bits per heavy atom. The van der Waals surface area contributed by atoms with Crippen molar-refractivity contribution >= 4 is 15.9 Å². The van der Waals surface area contributed by atoms with E-state index >= 15 is 0 Å². The number of ether oxygens (including phenoxy) is 1. The molecule has 0 unspecified atom stereocenters. The molecule has 17 heavy (non-hydrogen) atoms. The molecule has 0 radical (unpaired) electrons. The van der Waals surface area contributed by atoms with Gasteiger partial charge in [-0.2, -0.15) is 8.78 Å². The molecular formula is C10H6BrF5O. The summed E-state index contributed by atoms with van der Waals surface area (Å²) in [5, 5.41) is 0. The minimum Gasteiger partial charge on any atom is -0.484 e. The highest BCUT2D eigenvalue weighted by Crippen LogP contribution is 2.35. The van der Waals surface area contributed by atoms with Crippen LogP contribution in [0.25, 0.3) is 0 Å². The fourth-order valence-electron chi connectivity index (χ4n) is 1.45. The van der Waals surface area contributed by atoms with Gasteiger partial charge in [0.05, 0.1) is 0 Å². The molecule has 1 fully saturated rings. The van der Waals surface area contributed by atoms with Crippen LogP contribution in [0.15, 0.2) is 0 Å². The summed E-state index contributed by atoms with van der Waals surface area (Å²) in [6.07, 6.45) is 0.381. The van der Waals surface area contributed by atoms with Crippen LogP contribution in [0.3, 0.4) is 0 Å². The second kappa shape index (κ2) is 4.44. The molecule has 1 aliphatic rings. The summed E-state index contributed by atoms with van der Waals surface area (Å²) in [6.45, 7) is 0. The number of hydrogen-bond acceptors (Lipinski definition) is 1. The third kappa shape index (κ3) is 2.12. The zero-order valence-corrected chi connectivity index (χ0v) is 9.83. The lowest BCUT2D eigenvalue weighted by molar-refractivity contribution is 0.112. The van der Waals surface area contributed by atoms with Gasteiger partial charge in [0.15, 0.2) is 5.75 Å². The smallest absolute Gasteiger partial charge is 0.207 e. The standard InChI is InChI=1S/C10H6BrF5O/c11-3-1-4(2-3)17-10-8(15)6(13)5(12)7(14)9(10)16/h3-4H,1-2H2. The normalized spacial score (nSPS) is 23.4. The molecule has 0 aromatic heterocycles. The molecule has 1 aliphatic carbocycles. The maximum absolute atomic E-state index is 13.2. The van der Waals surface area contributed by atoms with Crippen molar-refractivity contribution in [3.8, 4) is 5.75 Å². The molecular weight excluding hydrogens is 311 g/mol.